The van der Waals surface area contributed by atoms with E-state index in [1.165, 1.54) is 0 Å². The lowest BCUT2D eigenvalue weighted by molar-refractivity contribution is 0.0884. The van der Waals surface area contributed by atoms with E-state index in [2.05, 4.69) is 18.8 Å². The fourth-order valence-corrected chi connectivity index (χ4v) is 1.97. The first-order chi connectivity index (χ1) is 8.79. The van der Waals surface area contributed by atoms with Crippen molar-refractivity contribution in [3.05, 3.63) is 36.9 Å². The first-order valence-electron chi connectivity index (χ1n) is 6.52. The third-order valence-corrected chi connectivity index (χ3v) is 3.07. The summed E-state index contributed by atoms with van der Waals surface area (Å²) in [6, 6.07) is 8.28. The topological polar surface area (TPSA) is 30.5 Å². The Balaban J connectivity index is 1.77. The number of ether oxygens (including phenoxy) is 2. The van der Waals surface area contributed by atoms with Gasteiger partial charge in [-0.2, -0.15) is 0 Å². The van der Waals surface area contributed by atoms with Gasteiger partial charge in [-0.25, -0.2) is 0 Å². The maximum atomic E-state index is 5.88. The van der Waals surface area contributed by atoms with Crippen LogP contribution >= 0.6 is 0 Å². The summed E-state index contributed by atoms with van der Waals surface area (Å²) in [6.07, 6.45) is 4.19. The van der Waals surface area contributed by atoms with E-state index in [4.69, 9.17) is 9.47 Å². The number of rotatable bonds is 6. The van der Waals surface area contributed by atoms with Crippen molar-refractivity contribution in [1.82, 2.24) is 5.32 Å². The molecule has 3 heteroatoms. The van der Waals surface area contributed by atoms with Crippen molar-refractivity contribution >= 4 is 0 Å². The van der Waals surface area contributed by atoms with Crippen molar-refractivity contribution in [3.63, 3.8) is 0 Å². The molecule has 1 aromatic rings. The minimum atomic E-state index is 0.0890. The monoisotopic (exact) mass is 247 g/mol. The Bertz CT molecular complexity index is 392. The van der Waals surface area contributed by atoms with Crippen LogP contribution in [0.1, 0.15) is 19.8 Å². The average molecular weight is 247 g/mol. The molecule has 1 heterocycles. The molecule has 2 atom stereocenters. The molecule has 0 aliphatic carbocycles. The van der Waals surface area contributed by atoms with Gasteiger partial charge >= 0.3 is 0 Å². The molecule has 0 bridgehead atoms. The van der Waals surface area contributed by atoms with Crippen LogP contribution in [0.3, 0.4) is 0 Å². The van der Waals surface area contributed by atoms with Gasteiger partial charge in [0.05, 0.1) is 0 Å². The summed E-state index contributed by atoms with van der Waals surface area (Å²) in [4.78, 5) is 0. The third kappa shape index (κ3) is 3.50. The zero-order valence-corrected chi connectivity index (χ0v) is 10.9. The molecule has 0 amide bonds. The smallest absolute Gasteiger partial charge is 0.161 e. The van der Waals surface area contributed by atoms with Crippen LogP contribution in [-0.4, -0.2) is 25.3 Å². The van der Waals surface area contributed by atoms with Crippen molar-refractivity contribution < 1.29 is 9.47 Å². The van der Waals surface area contributed by atoms with Gasteiger partial charge in [-0.05, 0) is 31.9 Å². The van der Waals surface area contributed by atoms with E-state index in [0.717, 1.165) is 30.9 Å². The maximum Gasteiger partial charge on any atom is 0.161 e. The molecule has 2 rings (SSSR count). The molecule has 1 aliphatic rings. The lowest BCUT2D eigenvalue weighted by Gasteiger charge is -2.27. The van der Waals surface area contributed by atoms with E-state index in [-0.39, 0.29) is 6.10 Å². The number of allylic oxidation sites excluding steroid dienone is 1. The van der Waals surface area contributed by atoms with Crippen LogP contribution in [-0.2, 0) is 0 Å². The Morgan fingerprint density at radius 3 is 3.00 bits per heavy atom. The number of hydrogen-bond donors (Lipinski definition) is 1. The van der Waals surface area contributed by atoms with Gasteiger partial charge in [-0.3, -0.25) is 0 Å². The van der Waals surface area contributed by atoms with E-state index in [1.807, 2.05) is 30.3 Å². The zero-order chi connectivity index (χ0) is 12.8. The van der Waals surface area contributed by atoms with Crippen LogP contribution in [0.2, 0.25) is 0 Å². The van der Waals surface area contributed by atoms with Crippen LogP contribution in [0.25, 0.3) is 0 Å². The number of fused-ring (bicyclic) bond motifs is 1. The lowest BCUT2D eigenvalue weighted by Crippen LogP contribution is -2.41. The van der Waals surface area contributed by atoms with Crippen molar-refractivity contribution in [2.45, 2.75) is 31.9 Å². The second-order valence-corrected chi connectivity index (χ2v) is 4.67. The molecular weight excluding hydrogens is 226 g/mol. The highest BCUT2D eigenvalue weighted by Crippen LogP contribution is 2.30. The fraction of sp³-hybridized carbons (Fsp3) is 0.467. The molecule has 3 nitrogen and oxygen atoms in total. The van der Waals surface area contributed by atoms with E-state index in [0.29, 0.717) is 12.6 Å². The van der Waals surface area contributed by atoms with Gasteiger partial charge in [0, 0.05) is 12.6 Å². The van der Waals surface area contributed by atoms with Crippen molar-refractivity contribution in [1.29, 1.82) is 0 Å². The van der Waals surface area contributed by atoms with E-state index < -0.39 is 0 Å². The zero-order valence-electron chi connectivity index (χ0n) is 10.9. The molecular formula is C15H21NO2. The molecule has 0 radical (unpaired) electrons. The summed E-state index contributed by atoms with van der Waals surface area (Å²) in [5, 5.41) is 3.47. The number of benzene rings is 1. The predicted molar refractivity (Wildman–Crippen MR) is 73.2 cm³/mol. The third-order valence-electron chi connectivity index (χ3n) is 3.07. The van der Waals surface area contributed by atoms with Crippen molar-refractivity contribution in [2.24, 2.45) is 0 Å². The van der Waals surface area contributed by atoms with E-state index >= 15 is 0 Å². The normalized spacial score (nSPS) is 19.3. The minimum absolute atomic E-state index is 0.0890. The fourth-order valence-electron chi connectivity index (χ4n) is 1.97. The summed E-state index contributed by atoms with van der Waals surface area (Å²) >= 11 is 0. The van der Waals surface area contributed by atoms with Gasteiger partial charge < -0.3 is 14.8 Å². The summed E-state index contributed by atoms with van der Waals surface area (Å²) in [5.74, 6) is 1.68. The Labute approximate surface area is 109 Å². The van der Waals surface area contributed by atoms with Crippen molar-refractivity contribution in [2.75, 3.05) is 13.2 Å². The molecule has 18 heavy (non-hydrogen) atoms. The molecule has 1 N–H and O–H groups in total. The summed E-state index contributed by atoms with van der Waals surface area (Å²) in [6.45, 7) is 7.34. The molecule has 2 unspecified atom stereocenters. The maximum absolute atomic E-state index is 5.88. The minimum Gasteiger partial charge on any atom is -0.486 e. The summed E-state index contributed by atoms with van der Waals surface area (Å²) < 4.78 is 11.5. The lowest BCUT2D eigenvalue weighted by atomic mass is 10.2. The Hall–Kier alpha value is -1.48. The highest BCUT2D eigenvalue weighted by molar-refractivity contribution is 5.40. The number of hydrogen-bond acceptors (Lipinski definition) is 3. The van der Waals surface area contributed by atoms with E-state index in [9.17, 15) is 0 Å². The van der Waals surface area contributed by atoms with Crippen molar-refractivity contribution in [3.8, 4) is 11.5 Å². The summed E-state index contributed by atoms with van der Waals surface area (Å²) in [7, 11) is 0. The largest absolute Gasteiger partial charge is 0.486 e. The molecule has 0 aromatic heterocycles. The molecule has 0 fully saturated rings. The van der Waals surface area contributed by atoms with Gasteiger partial charge in [0.1, 0.15) is 12.7 Å². The van der Waals surface area contributed by atoms with Gasteiger partial charge in [0.2, 0.25) is 0 Å². The second kappa shape index (κ2) is 6.45. The highest BCUT2D eigenvalue weighted by Gasteiger charge is 2.20. The van der Waals surface area contributed by atoms with Crippen LogP contribution in [0.4, 0.5) is 0 Å². The molecule has 1 aliphatic heterocycles. The standard InChI is InChI=1S/C15H21NO2/c1-3-4-7-12(2)16-10-13-11-17-14-8-5-6-9-15(14)18-13/h3,5-6,8-9,12-13,16H,1,4,7,10-11H2,2H3. The Morgan fingerprint density at radius 1 is 1.44 bits per heavy atom. The highest BCUT2D eigenvalue weighted by atomic mass is 16.6. The summed E-state index contributed by atoms with van der Waals surface area (Å²) in [5.41, 5.74) is 0. The van der Waals surface area contributed by atoms with Gasteiger partial charge in [-0.15, -0.1) is 6.58 Å². The van der Waals surface area contributed by atoms with Crippen LogP contribution in [0.15, 0.2) is 36.9 Å². The van der Waals surface area contributed by atoms with E-state index in [1.54, 1.807) is 0 Å². The molecule has 98 valence electrons. The first-order valence-corrected chi connectivity index (χ1v) is 6.52. The number of nitrogens with one attached hydrogen (secondary N) is 1. The van der Waals surface area contributed by atoms with Crippen LogP contribution < -0.4 is 14.8 Å². The van der Waals surface area contributed by atoms with Crippen LogP contribution in [0, 0.1) is 0 Å². The van der Waals surface area contributed by atoms with Gasteiger partial charge in [0.25, 0.3) is 0 Å². The van der Waals surface area contributed by atoms with Gasteiger partial charge in [-0.1, -0.05) is 18.2 Å². The molecule has 0 saturated heterocycles. The number of para-hydroxylation sites is 2. The second-order valence-electron chi connectivity index (χ2n) is 4.67. The SMILES string of the molecule is C=CCCC(C)NCC1COc2ccccc2O1. The quantitative estimate of drug-likeness (QED) is 0.784. The van der Waals surface area contributed by atoms with Gasteiger partial charge in [0.15, 0.2) is 11.5 Å². The predicted octanol–water partition coefficient (Wildman–Crippen LogP) is 2.77. The molecule has 1 aromatic carbocycles. The molecule has 0 saturated carbocycles. The average Bonchev–Trinajstić information content (AvgIpc) is 2.42. The van der Waals surface area contributed by atoms with Crippen LogP contribution in [0.5, 0.6) is 11.5 Å². The molecule has 0 spiro atoms. The first kappa shape index (κ1) is 13.0. The Morgan fingerprint density at radius 2 is 2.22 bits per heavy atom. The Kier molecular flexibility index (Phi) is 4.65.